The number of nitrogens with one attached hydrogen (secondary N) is 1. The van der Waals surface area contributed by atoms with Crippen molar-refractivity contribution in [2.24, 2.45) is 5.16 Å². The van der Waals surface area contributed by atoms with E-state index in [0.717, 1.165) is 28.5 Å². The minimum Gasteiger partial charge on any atom is -0.396 e. The van der Waals surface area contributed by atoms with Gasteiger partial charge in [0.2, 0.25) is 0 Å². The molecule has 0 radical (unpaired) electrons. The summed E-state index contributed by atoms with van der Waals surface area (Å²) in [7, 11) is -3.81. The van der Waals surface area contributed by atoms with Crippen LogP contribution in [0.5, 0.6) is 0 Å². The SMILES string of the molecule is CC(CC1CC(c2ccc(-c3ccc(CCO)cc3)cc2)=NO1)(C(=O)NO)S(C)(=O)=O. The van der Waals surface area contributed by atoms with Crippen molar-refractivity contribution in [3.8, 4) is 11.1 Å². The lowest BCUT2D eigenvalue weighted by Crippen LogP contribution is -2.51. The third-order valence-electron chi connectivity index (χ3n) is 5.66. The molecule has 2 unspecified atom stereocenters. The normalized spacial score (nSPS) is 18.1. The standard InChI is InChI=1S/C22H26N2O6S/c1-22(21(26)23-27,31(2,28)29)14-19-13-20(24-30-19)18-9-7-17(8-10-18)16-5-3-15(4-6-16)11-12-25/h3-10,19,25,27H,11-14H2,1-2H3,(H,23,26). The van der Waals surface area contributed by atoms with E-state index in [1.165, 1.54) is 12.4 Å². The third kappa shape index (κ3) is 4.95. The van der Waals surface area contributed by atoms with E-state index in [0.29, 0.717) is 18.6 Å². The number of carbonyl (C=O) groups is 1. The number of sulfone groups is 1. The lowest BCUT2D eigenvalue weighted by molar-refractivity contribution is -0.132. The number of oxime groups is 1. The molecular weight excluding hydrogens is 420 g/mol. The highest BCUT2D eigenvalue weighted by molar-refractivity contribution is 7.92. The first-order valence-electron chi connectivity index (χ1n) is 9.85. The van der Waals surface area contributed by atoms with E-state index < -0.39 is 26.6 Å². The Morgan fingerprint density at radius 3 is 2.19 bits per heavy atom. The molecule has 0 fully saturated rings. The van der Waals surface area contributed by atoms with Gasteiger partial charge in [-0.2, -0.15) is 0 Å². The molecular formula is C22H26N2O6S. The number of aliphatic hydroxyl groups excluding tert-OH is 1. The second kappa shape index (κ2) is 9.17. The predicted octanol–water partition coefficient (Wildman–Crippen LogP) is 2.08. The maximum absolute atomic E-state index is 12.1. The van der Waals surface area contributed by atoms with Crippen molar-refractivity contribution in [2.45, 2.75) is 37.0 Å². The van der Waals surface area contributed by atoms with E-state index in [2.05, 4.69) is 5.16 Å². The van der Waals surface area contributed by atoms with Crippen LogP contribution in [0.15, 0.2) is 53.7 Å². The first-order valence-corrected chi connectivity index (χ1v) is 11.7. The van der Waals surface area contributed by atoms with Gasteiger partial charge in [0.15, 0.2) is 14.6 Å². The molecule has 31 heavy (non-hydrogen) atoms. The molecule has 0 aromatic heterocycles. The highest BCUT2D eigenvalue weighted by Crippen LogP contribution is 2.30. The Hall–Kier alpha value is -2.75. The van der Waals surface area contributed by atoms with E-state index in [4.69, 9.17) is 15.2 Å². The Bertz CT molecular complexity index is 1060. The Balaban J connectivity index is 1.69. The zero-order chi connectivity index (χ0) is 22.6. The molecule has 0 bridgehead atoms. The van der Waals surface area contributed by atoms with Crippen molar-refractivity contribution in [3.63, 3.8) is 0 Å². The van der Waals surface area contributed by atoms with Crippen molar-refractivity contribution < 1.29 is 28.4 Å². The van der Waals surface area contributed by atoms with Crippen LogP contribution in [0.2, 0.25) is 0 Å². The summed E-state index contributed by atoms with van der Waals surface area (Å²) in [5.41, 5.74) is 6.09. The molecule has 166 valence electrons. The summed E-state index contributed by atoms with van der Waals surface area (Å²) in [6, 6.07) is 15.7. The molecule has 1 aliphatic rings. The fourth-order valence-electron chi connectivity index (χ4n) is 3.52. The Morgan fingerprint density at radius 1 is 1.13 bits per heavy atom. The number of hydrogen-bond acceptors (Lipinski definition) is 7. The molecule has 0 aliphatic carbocycles. The first-order chi connectivity index (χ1) is 14.7. The van der Waals surface area contributed by atoms with E-state index in [-0.39, 0.29) is 13.0 Å². The summed E-state index contributed by atoms with van der Waals surface area (Å²) in [6.07, 6.45) is 1.18. The lowest BCUT2D eigenvalue weighted by atomic mass is 9.95. The summed E-state index contributed by atoms with van der Waals surface area (Å²) in [6.45, 7) is 1.38. The monoisotopic (exact) mass is 446 g/mol. The van der Waals surface area contributed by atoms with E-state index in [9.17, 15) is 13.2 Å². The van der Waals surface area contributed by atoms with Crippen LogP contribution >= 0.6 is 0 Å². The smallest absolute Gasteiger partial charge is 0.264 e. The highest BCUT2D eigenvalue weighted by atomic mass is 32.2. The summed E-state index contributed by atoms with van der Waals surface area (Å²) in [4.78, 5) is 17.4. The second-order valence-corrected chi connectivity index (χ2v) is 10.3. The van der Waals surface area contributed by atoms with Gasteiger partial charge in [0.25, 0.3) is 5.91 Å². The number of nitrogens with zero attached hydrogens (tertiary/aromatic N) is 1. The zero-order valence-electron chi connectivity index (χ0n) is 17.4. The summed E-state index contributed by atoms with van der Waals surface area (Å²) in [5.74, 6) is -0.999. The number of hydroxylamine groups is 1. The van der Waals surface area contributed by atoms with Crippen molar-refractivity contribution >= 4 is 21.5 Å². The van der Waals surface area contributed by atoms with Crippen LogP contribution in [0.1, 0.15) is 30.9 Å². The number of carbonyl (C=O) groups excluding carboxylic acids is 1. The number of hydrogen-bond donors (Lipinski definition) is 3. The molecule has 0 spiro atoms. The molecule has 2 atom stereocenters. The van der Waals surface area contributed by atoms with Gasteiger partial charge in [0.05, 0.1) is 5.71 Å². The third-order valence-corrected chi connectivity index (χ3v) is 7.65. The van der Waals surface area contributed by atoms with Gasteiger partial charge in [-0.25, -0.2) is 13.9 Å². The summed E-state index contributed by atoms with van der Waals surface area (Å²) < 4.78 is 22.5. The molecule has 3 rings (SSSR count). The molecule has 1 amide bonds. The van der Waals surface area contributed by atoms with Crippen molar-refractivity contribution in [1.29, 1.82) is 0 Å². The summed E-state index contributed by atoms with van der Waals surface area (Å²) >= 11 is 0. The lowest BCUT2D eigenvalue weighted by Gasteiger charge is -2.26. The second-order valence-electron chi connectivity index (χ2n) is 7.87. The van der Waals surface area contributed by atoms with Crippen LogP contribution in [0.4, 0.5) is 0 Å². The van der Waals surface area contributed by atoms with Crippen LogP contribution in [-0.2, 0) is 25.9 Å². The predicted molar refractivity (Wildman–Crippen MR) is 116 cm³/mol. The molecule has 2 aromatic rings. The molecule has 8 nitrogen and oxygen atoms in total. The van der Waals surface area contributed by atoms with Gasteiger partial charge in [-0.05, 0) is 35.6 Å². The zero-order valence-corrected chi connectivity index (χ0v) is 18.2. The number of amides is 1. The molecule has 0 saturated heterocycles. The van der Waals surface area contributed by atoms with Crippen molar-refractivity contribution in [3.05, 3.63) is 59.7 Å². The average molecular weight is 447 g/mol. The fourth-order valence-corrected chi connectivity index (χ4v) is 4.39. The van der Waals surface area contributed by atoms with Gasteiger partial charge in [0.1, 0.15) is 6.10 Å². The first kappa shape index (κ1) is 22.9. The van der Waals surface area contributed by atoms with E-state index in [1.807, 2.05) is 48.5 Å². The molecule has 3 N–H and O–H groups in total. The highest BCUT2D eigenvalue weighted by Gasteiger charge is 2.47. The maximum Gasteiger partial charge on any atom is 0.264 e. The largest absolute Gasteiger partial charge is 0.396 e. The van der Waals surface area contributed by atoms with Gasteiger partial charge >= 0.3 is 0 Å². The number of benzene rings is 2. The van der Waals surface area contributed by atoms with Crippen LogP contribution < -0.4 is 5.48 Å². The summed E-state index contributed by atoms with van der Waals surface area (Å²) in [5, 5.41) is 22.1. The fraction of sp³-hybridized carbons (Fsp3) is 0.364. The Morgan fingerprint density at radius 2 is 1.68 bits per heavy atom. The van der Waals surface area contributed by atoms with Crippen LogP contribution in [0.25, 0.3) is 11.1 Å². The molecule has 0 saturated carbocycles. The van der Waals surface area contributed by atoms with Crippen LogP contribution in [0, 0.1) is 0 Å². The quantitative estimate of drug-likeness (QED) is 0.421. The Labute approximate surface area is 181 Å². The number of aliphatic hydroxyl groups is 1. The van der Waals surface area contributed by atoms with E-state index >= 15 is 0 Å². The minimum absolute atomic E-state index is 0.118. The van der Waals surface area contributed by atoms with Crippen LogP contribution in [-0.4, -0.2) is 54.1 Å². The average Bonchev–Trinajstić information content (AvgIpc) is 3.21. The molecule has 9 heteroatoms. The Kier molecular flexibility index (Phi) is 6.78. The molecule has 2 aromatic carbocycles. The van der Waals surface area contributed by atoms with Gasteiger partial charge in [-0.3, -0.25) is 10.0 Å². The van der Waals surface area contributed by atoms with Gasteiger partial charge in [0, 0.05) is 25.7 Å². The van der Waals surface area contributed by atoms with Gasteiger partial charge in [-0.1, -0.05) is 53.7 Å². The van der Waals surface area contributed by atoms with E-state index in [1.54, 1.807) is 0 Å². The molecule has 1 heterocycles. The van der Waals surface area contributed by atoms with Crippen molar-refractivity contribution in [1.82, 2.24) is 5.48 Å². The topological polar surface area (TPSA) is 125 Å². The van der Waals surface area contributed by atoms with Gasteiger partial charge in [-0.15, -0.1) is 0 Å². The maximum atomic E-state index is 12.1. The van der Waals surface area contributed by atoms with Crippen LogP contribution in [0.3, 0.4) is 0 Å². The molecule has 1 aliphatic heterocycles. The number of rotatable bonds is 8. The van der Waals surface area contributed by atoms with Gasteiger partial charge < -0.3 is 9.94 Å². The minimum atomic E-state index is -3.81. The van der Waals surface area contributed by atoms with Crippen molar-refractivity contribution in [2.75, 3.05) is 12.9 Å².